The Bertz CT molecular complexity index is 1720. The molecule has 0 saturated heterocycles. The molecular weight excluding hydrogens is 583 g/mol. The molecule has 0 unspecified atom stereocenters. The highest BCUT2D eigenvalue weighted by Crippen LogP contribution is 2.30. The summed E-state index contributed by atoms with van der Waals surface area (Å²) in [6.07, 6.45) is 0. The molecule has 41 heavy (non-hydrogen) atoms. The standard InChI is InChI=1S/C30H26Cl2N4O4S/c1-20-13-15-26(16-14-20)41(39,40)36(28-12-4-3-11-27(28)32)19-29(37)35-34-21(2)22-7-6-10-25(18-22)33-30(38)23-8-5-9-24(31)17-23/h3-18H,19H2,1-2H3,(H,33,38)(H,35,37)/b34-21-. The largest absolute Gasteiger partial charge is 0.322 e. The highest BCUT2D eigenvalue weighted by molar-refractivity contribution is 7.92. The Labute approximate surface area is 248 Å². The summed E-state index contributed by atoms with van der Waals surface area (Å²) in [5, 5.41) is 7.58. The van der Waals surface area contributed by atoms with Crippen molar-refractivity contribution in [3.8, 4) is 0 Å². The fourth-order valence-corrected chi connectivity index (χ4v) is 5.74. The maximum absolute atomic E-state index is 13.5. The van der Waals surface area contributed by atoms with E-state index in [9.17, 15) is 18.0 Å². The molecule has 4 rings (SSSR count). The van der Waals surface area contributed by atoms with Crippen LogP contribution in [0.5, 0.6) is 0 Å². The number of hydrogen-bond acceptors (Lipinski definition) is 5. The molecule has 0 aliphatic rings. The minimum absolute atomic E-state index is 0.0205. The summed E-state index contributed by atoms with van der Waals surface area (Å²) < 4.78 is 28.0. The molecule has 4 aromatic rings. The zero-order valence-corrected chi connectivity index (χ0v) is 24.5. The molecule has 0 atom stereocenters. The average Bonchev–Trinajstić information content (AvgIpc) is 2.95. The second-order valence-electron chi connectivity index (χ2n) is 9.05. The summed E-state index contributed by atoms with van der Waals surface area (Å²) in [6.45, 7) is 2.96. The van der Waals surface area contributed by atoms with Crippen molar-refractivity contribution in [2.75, 3.05) is 16.2 Å². The van der Waals surface area contributed by atoms with Crippen LogP contribution in [-0.4, -0.2) is 32.5 Å². The number of aryl methyl sites for hydroxylation is 1. The Morgan fingerprint density at radius 1 is 0.854 bits per heavy atom. The van der Waals surface area contributed by atoms with Crippen molar-refractivity contribution >= 4 is 62.1 Å². The van der Waals surface area contributed by atoms with Crippen LogP contribution in [-0.2, 0) is 14.8 Å². The summed E-state index contributed by atoms with van der Waals surface area (Å²) in [5.41, 5.74) is 5.46. The van der Waals surface area contributed by atoms with Crippen LogP contribution in [0, 0.1) is 6.92 Å². The molecule has 2 N–H and O–H groups in total. The maximum atomic E-state index is 13.5. The van der Waals surface area contributed by atoms with Crippen LogP contribution in [0.4, 0.5) is 11.4 Å². The van der Waals surface area contributed by atoms with Crippen LogP contribution in [0.15, 0.2) is 107 Å². The quantitative estimate of drug-likeness (QED) is 0.172. The number of nitrogens with zero attached hydrogens (tertiary/aromatic N) is 2. The second kappa shape index (κ2) is 13.0. The van der Waals surface area contributed by atoms with E-state index in [-0.39, 0.29) is 21.5 Å². The topological polar surface area (TPSA) is 108 Å². The van der Waals surface area contributed by atoms with Gasteiger partial charge in [-0.15, -0.1) is 0 Å². The molecule has 0 radical (unpaired) electrons. The zero-order chi connectivity index (χ0) is 29.6. The molecule has 0 aliphatic carbocycles. The van der Waals surface area contributed by atoms with E-state index < -0.39 is 22.5 Å². The van der Waals surface area contributed by atoms with E-state index >= 15 is 0 Å². The number of halogens is 2. The van der Waals surface area contributed by atoms with Crippen molar-refractivity contribution in [1.82, 2.24) is 5.43 Å². The lowest BCUT2D eigenvalue weighted by molar-refractivity contribution is -0.119. The molecule has 11 heteroatoms. The number of nitrogens with one attached hydrogen (secondary N) is 2. The van der Waals surface area contributed by atoms with Crippen molar-refractivity contribution in [2.24, 2.45) is 5.10 Å². The fraction of sp³-hybridized carbons (Fsp3) is 0.100. The fourth-order valence-electron chi connectivity index (χ4n) is 3.82. The van der Waals surface area contributed by atoms with Gasteiger partial charge in [0.05, 0.1) is 21.3 Å². The van der Waals surface area contributed by atoms with E-state index in [1.165, 1.54) is 18.2 Å². The lowest BCUT2D eigenvalue weighted by atomic mass is 10.1. The molecule has 0 bridgehead atoms. The van der Waals surface area contributed by atoms with Crippen molar-refractivity contribution in [2.45, 2.75) is 18.7 Å². The minimum Gasteiger partial charge on any atom is -0.322 e. The average molecular weight is 610 g/mol. The van der Waals surface area contributed by atoms with E-state index in [1.807, 2.05) is 6.92 Å². The molecule has 210 valence electrons. The van der Waals surface area contributed by atoms with Gasteiger partial charge in [0.25, 0.3) is 21.8 Å². The van der Waals surface area contributed by atoms with Crippen molar-refractivity contribution < 1.29 is 18.0 Å². The van der Waals surface area contributed by atoms with Crippen molar-refractivity contribution in [3.05, 3.63) is 124 Å². The Balaban J connectivity index is 1.51. The number of hydrogen-bond donors (Lipinski definition) is 2. The first-order chi connectivity index (χ1) is 19.5. The first-order valence-corrected chi connectivity index (χ1v) is 14.6. The second-order valence-corrected chi connectivity index (χ2v) is 11.8. The first kappa shape index (κ1) is 29.8. The van der Waals surface area contributed by atoms with Crippen molar-refractivity contribution in [3.63, 3.8) is 0 Å². The molecular formula is C30H26Cl2N4O4S. The first-order valence-electron chi connectivity index (χ1n) is 12.4. The predicted molar refractivity (Wildman–Crippen MR) is 163 cm³/mol. The number of anilines is 2. The molecule has 2 amide bonds. The van der Waals surface area contributed by atoms with Gasteiger partial charge in [0.1, 0.15) is 6.54 Å². The molecule has 0 fully saturated rings. The summed E-state index contributed by atoms with van der Waals surface area (Å²) >= 11 is 12.3. The molecule has 0 aliphatic heterocycles. The highest BCUT2D eigenvalue weighted by Gasteiger charge is 2.28. The lowest BCUT2D eigenvalue weighted by Crippen LogP contribution is -2.40. The van der Waals surface area contributed by atoms with Gasteiger partial charge in [-0.05, 0) is 74.0 Å². The van der Waals surface area contributed by atoms with E-state index in [0.717, 1.165) is 9.87 Å². The SMILES string of the molecule is C/C(=N/NC(=O)CN(c1ccccc1Cl)S(=O)(=O)c1ccc(C)cc1)c1cccc(NC(=O)c2cccc(Cl)c2)c1. The molecule has 8 nitrogen and oxygen atoms in total. The monoisotopic (exact) mass is 608 g/mol. The number of amides is 2. The molecule has 0 spiro atoms. The van der Waals surface area contributed by atoms with E-state index in [1.54, 1.807) is 85.8 Å². The summed E-state index contributed by atoms with van der Waals surface area (Å²) in [6, 6.07) is 26.2. The molecule has 0 heterocycles. The van der Waals surface area contributed by atoms with E-state index in [4.69, 9.17) is 23.2 Å². The van der Waals surface area contributed by atoms with Crippen LogP contribution in [0.2, 0.25) is 10.0 Å². The van der Waals surface area contributed by atoms with Gasteiger partial charge in [0.15, 0.2) is 0 Å². The van der Waals surface area contributed by atoms with Crippen molar-refractivity contribution in [1.29, 1.82) is 0 Å². The molecule has 4 aromatic carbocycles. The van der Waals surface area contributed by atoms with Gasteiger partial charge in [-0.3, -0.25) is 13.9 Å². The van der Waals surface area contributed by atoms with Gasteiger partial charge < -0.3 is 5.32 Å². The van der Waals surface area contributed by atoms with Gasteiger partial charge in [-0.25, -0.2) is 13.8 Å². The molecule has 0 saturated carbocycles. The third kappa shape index (κ3) is 7.52. The van der Waals surface area contributed by atoms with E-state index in [2.05, 4.69) is 15.8 Å². The Kier molecular flexibility index (Phi) is 9.44. The van der Waals surface area contributed by atoms with Gasteiger partial charge in [0.2, 0.25) is 0 Å². The predicted octanol–water partition coefficient (Wildman–Crippen LogP) is 6.29. The van der Waals surface area contributed by atoms with Gasteiger partial charge in [0, 0.05) is 16.3 Å². The Morgan fingerprint density at radius 2 is 1.54 bits per heavy atom. The number of rotatable bonds is 9. The van der Waals surface area contributed by atoms with Crippen LogP contribution < -0.4 is 15.0 Å². The molecule has 0 aromatic heterocycles. The third-order valence-electron chi connectivity index (χ3n) is 5.99. The number of benzene rings is 4. The van der Waals surface area contributed by atoms with E-state index in [0.29, 0.717) is 27.5 Å². The Morgan fingerprint density at radius 3 is 2.24 bits per heavy atom. The zero-order valence-electron chi connectivity index (χ0n) is 22.1. The summed E-state index contributed by atoms with van der Waals surface area (Å²) in [5.74, 6) is -1.01. The lowest BCUT2D eigenvalue weighted by Gasteiger charge is -2.24. The van der Waals surface area contributed by atoms with Crippen LogP contribution in [0.1, 0.15) is 28.4 Å². The number of para-hydroxylation sites is 1. The number of hydrazone groups is 1. The summed E-state index contributed by atoms with van der Waals surface area (Å²) in [7, 11) is -4.13. The summed E-state index contributed by atoms with van der Waals surface area (Å²) in [4.78, 5) is 25.6. The van der Waals surface area contributed by atoms with Crippen LogP contribution >= 0.6 is 23.2 Å². The van der Waals surface area contributed by atoms with Gasteiger partial charge >= 0.3 is 0 Å². The smallest absolute Gasteiger partial charge is 0.264 e. The Hall–Kier alpha value is -4.18. The van der Waals surface area contributed by atoms with Gasteiger partial charge in [-0.1, -0.05) is 71.2 Å². The van der Waals surface area contributed by atoms with Gasteiger partial charge in [-0.2, -0.15) is 5.10 Å². The van der Waals surface area contributed by atoms with Crippen LogP contribution in [0.25, 0.3) is 0 Å². The number of carbonyl (C=O) groups excluding carboxylic acids is 2. The number of carbonyl (C=O) groups is 2. The highest BCUT2D eigenvalue weighted by atomic mass is 35.5. The normalized spacial score (nSPS) is 11.6. The number of sulfonamides is 1. The minimum atomic E-state index is -4.13. The third-order valence-corrected chi connectivity index (χ3v) is 8.32. The van der Waals surface area contributed by atoms with Crippen LogP contribution in [0.3, 0.4) is 0 Å². The maximum Gasteiger partial charge on any atom is 0.264 e.